The minimum absolute atomic E-state index is 0.0714. The highest BCUT2D eigenvalue weighted by Crippen LogP contribution is 2.52. The molecule has 1 heterocycles. The number of nitrogens with zero attached hydrogens (tertiary/aromatic N) is 1. The summed E-state index contributed by atoms with van der Waals surface area (Å²) in [6.07, 6.45) is 5.11. The zero-order chi connectivity index (χ0) is 14.7. The van der Waals surface area contributed by atoms with Gasteiger partial charge in [0.2, 0.25) is 11.8 Å². The maximum atomic E-state index is 12.6. The average molecular weight is 322 g/mol. The molecule has 3 aliphatic rings. The molecule has 1 saturated carbocycles. The lowest BCUT2D eigenvalue weighted by Gasteiger charge is -2.18. The smallest absolute Gasteiger partial charge is 0.234 e. The minimum atomic E-state index is -0.172. The molecule has 1 aromatic rings. The van der Waals surface area contributed by atoms with Crippen LogP contribution in [0.25, 0.3) is 0 Å². The van der Waals surface area contributed by atoms with E-state index in [4.69, 9.17) is 23.2 Å². The lowest BCUT2D eigenvalue weighted by atomic mass is 9.85. The second kappa shape index (κ2) is 4.59. The molecule has 108 valence electrons. The molecule has 2 bridgehead atoms. The molecule has 0 unspecified atom stereocenters. The van der Waals surface area contributed by atoms with Crippen molar-refractivity contribution in [2.45, 2.75) is 13.0 Å². The van der Waals surface area contributed by atoms with Gasteiger partial charge in [-0.05, 0) is 30.4 Å². The molecule has 1 aromatic carbocycles. The van der Waals surface area contributed by atoms with Gasteiger partial charge in [0, 0.05) is 15.6 Å². The molecule has 2 aliphatic carbocycles. The first-order valence-corrected chi connectivity index (χ1v) is 7.80. The average Bonchev–Trinajstić information content (AvgIpc) is 3.11. The van der Waals surface area contributed by atoms with Crippen molar-refractivity contribution >= 4 is 35.0 Å². The van der Waals surface area contributed by atoms with E-state index < -0.39 is 0 Å². The first-order chi connectivity index (χ1) is 10.1. The zero-order valence-electron chi connectivity index (χ0n) is 11.1. The summed E-state index contributed by atoms with van der Waals surface area (Å²) in [6, 6.07) is 5.19. The number of rotatable bonds is 2. The van der Waals surface area contributed by atoms with E-state index in [0.29, 0.717) is 15.6 Å². The van der Waals surface area contributed by atoms with Gasteiger partial charge in [-0.3, -0.25) is 14.5 Å². The van der Waals surface area contributed by atoms with Gasteiger partial charge in [-0.25, -0.2) is 0 Å². The zero-order valence-corrected chi connectivity index (χ0v) is 12.6. The highest BCUT2D eigenvalue weighted by molar-refractivity contribution is 6.36. The van der Waals surface area contributed by atoms with Crippen molar-refractivity contribution in [2.24, 2.45) is 23.7 Å². The topological polar surface area (TPSA) is 37.4 Å². The molecule has 0 aromatic heterocycles. The summed E-state index contributed by atoms with van der Waals surface area (Å²) in [4.78, 5) is 26.5. The number of carbonyl (C=O) groups excluding carboxylic acids is 2. The Labute approximate surface area is 132 Å². The van der Waals surface area contributed by atoms with Crippen molar-refractivity contribution in [3.63, 3.8) is 0 Å². The fourth-order valence-electron chi connectivity index (χ4n) is 3.96. The number of likely N-dealkylation sites (tertiary alicyclic amines) is 1. The van der Waals surface area contributed by atoms with Crippen LogP contribution in [0.2, 0.25) is 10.0 Å². The number of benzene rings is 1. The maximum absolute atomic E-state index is 12.6. The summed E-state index contributed by atoms with van der Waals surface area (Å²) in [5.41, 5.74) is 0.641. The number of imide groups is 1. The van der Waals surface area contributed by atoms with Gasteiger partial charge < -0.3 is 0 Å². The predicted octanol–water partition coefficient (Wildman–Crippen LogP) is 3.30. The fourth-order valence-corrected chi connectivity index (χ4v) is 4.48. The SMILES string of the molecule is O=C1[C@@H]2[C@@H](C(=O)N1Cc1c(Cl)cccc1Cl)[C@H]1C=C[C@H]2C1. The molecule has 5 heteroatoms. The van der Waals surface area contributed by atoms with E-state index >= 15 is 0 Å². The standard InChI is InChI=1S/C16H13Cl2NO2/c17-11-2-1-3-12(18)10(11)7-19-15(20)13-8-4-5-9(6-8)14(13)16(19)21/h1-5,8-9,13-14H,6-7H2/t8-,9-,13-,14-/m0/s1. The van der Waals surface area contributed by atoms with Crippen LogP contribution >= 0.6 is 23.2 Å². The summed E-state index contributed by atoms with van der Waals surface area (Å²) >= 11 is 12.3. The Hall–Kier alpha value is -1.32. The molecule has 21 heavy (non-hydrogen) atoms. The van der Waals surface area contributed by atoms with Crippen LogP contribution in [0.5, 0.6) is 0 Å². The van der Waals surface area contributed by atoms with E-state index in [0.717, 1.165) is 6.42 Å². The molecule has 0 spiro atoms. The molecule has 1 aliphatic heterocycles. The van der Waals surface area contributed by atoms with Crippen LogP contribution in [-0.2, 0) is 16.1 Å². The van der Waals surface area contributed by atoms with Crippen molar-refractivity contribution < 1.29 is 9.59 Å². The molecular formula is C16H13Cl2NO2. The largest absolute Gasteiger partial charge is 0.277 e. The summed E-state index contributed by atoms with van der Waals surface area (Å²) in [7, 11) is 0. The summed E-state index contributed by atoms with van der Waals surface area (Å²) < 4.78 is 0. The van der Waals surface area contributed by atoms with Crippen molar-refractivity contribution in [1.82, 2.24) is 4.90 Å². The highest BCUT2D eigenvalue weighted by atomic mass is 35.5. The Bertz CT molecular complexity index is 635. The van der Waals surface area contributed by atoms with Crippen molar-refractivity contribution in [3.05, 3.63) is 46.0 Å². The van der Waals surface area contributed by atoms with Crippen molar-refractivity contribution in [2.75, 3.05) is 0 Å². The number of fused-ring (bicyclic) bond motifs is 5. The summed E-state index contributed by atoms with van der Waals surface area (Å²) in [5.74, 6) is -0.0375. The van der Waals surface area contributed by atoms with Crippen LogP contribution < -0.4 is 0 Å². The first-order valence-electron chi connectivity index (χ1n) is 7.04. The van der Waals surface area contributed by atoms with Gasteiger partial charge in [0.1, 0.15) is 0 Å². The minimum Gasteiger partial charge on any atom is -0.277 e. The Morgan fingerprint density at radius 1 is 1.00 bits per heavy atom. The van der Waals surface area contributed by atoms with E-state index in [-0.39, 0.29) is 42.0 Å². The van der Waals surface area contributed by atoms with E-state index in [1.54, 1.807) is 18.2 Å². The van der Waals surface area contributed by atoms with E-state index in [2.05, 4.69) is 12.2 Å². The van der Waals surface area contributed by atoms with Gasteiger partial charge >= 0.3 is 0 Å². The fraction of sp³-hybridized carbons (Fsp3) is 0.375. The van der Waals surface area contributed by atoms with Crippen LogP contribution in [0.15, 0.2) is 30.4 Å². The van der Waals surface area contributed by atoms with E-state index in [1.165, 1.54) is 4.90 Å². The number of hydrogen-bond acceptors (Lipinski definition) is 2. The van der Waals surface area contributed by atoms with Crippen molar-refractivity contribution in [1.29, 1.82) is 0 Å². The van der Waals surface area contributed by atoms with Crippen molar-refractivity contribution in [3.8, 4) is 0 Å². The molecule has 2 fully saturated rings. The molecule has 0 radical (unpaired) electrons. The monoisotopic (exact) mass is 321 g/mol. The Morgan fingerprint density at radius 2 is 1.52 bits per heavy atom. The van der Waals surface area contributed by atoms with E-state index in [1.807, 2.05) is 0 Å². The van der Waals surface area contributed by atoms with Gasteiger partial charge in [0.05, 0.1) is 18.4 Å². The quantitative estimate of drug-likeness (QED) is 0.619. The van der Waals surface area contributed by atoms with Gasteiger partial charge in [-0.2, -0.15) is 0 Å². The van der Waals surface area contributed by atoms with Crippen LogP contribution in [-0.4, -0.2) is 16.7 Å². The maximum Gasteiger partial charge on any atom is 0.234 e. The molecule has 0 N–H and O–H groups in total. The van der Waals surface area contributed by atoms with Gasteiger partial charge in [-0.15, -0.1) is 0 Å². The predicted molar refractivity (Wildman–Crippen MR) is 79.7 cm³/mol. The van der Waals surface area contributed by atoms with Gasteiger partial charge in [0.25, 0.3) is 0 Å². The first kappa shape index (κ1) is 13.4. The third-order valence-electron chi connectivity index (χ3n) is 4.94. The van der Waals surface area contributed by atoms with Crippen LogP contribution in [0.4, 0.5) is 0 Å². The number of halogens is 2. The molecular weight excluding hydrogens is 309 g/mol. The molecule has 3 nitrogen and oxygen atoms in total. The number of carbonyl (C=O) groups is 2. The number of amides is 2. The lowest BCUT2D eigenvalue weighted by molar-refractivity contribution is -0.141. The highest BCUT2D eigenvalue weighted by Gasteiger charge is 2.59. The van der Waals surface area contributed by atoms with Crippen LogP contribution in [0.3, 0.4) is 0 Å². The number of hydrogen-bond donors (Lipinski definition) is 0. The summed E-state index contributed by atoms with van der Waals surface area (Å²) in [6.45, 7) is 0.169. The van der Waals surface area contributed by atoms with Crippen LogP contribution in [0, 0.1) is 23.7 Å². The summed E-state index contributed by atoms with van der Waals surface area (Å²) in [5, 5.41) is 0.975. The Balaban J connectivity index is 1.66. The Morgan fingerprint density at radius 3 is 2.05 bits per heavy atom. The molecule has 2 amide bonds. The molecule has 1 saturated heterocycles. The molecule has 4 atom stereocenters. The normalized spacial score (nSPS) is 33.1. The number of allylic oxidation sites excluding steroid dienone is 2. The van der Waals surface area contributed by atoms with Gasteiger partial charge in [0.15, 0.2) is 0 Å². The van der Waals surface area contributed by atoms with Gasteiger partial charge in [-0.1, -0.05) is 41.4 Å². The third-order valence-corrected chi connectivity index (χ3v) is 5.65. The van der Waals surface area contributed by atoms with E-state index in [9.17, 15) is 9.59 Å². The second-order valence-corrected chi connectivity index (χ2v) is 6.78. The van der Waals surface area contributed by atoms with Crippen LogP contribution in [0.1, 0.15) is 12.0 Å². The second-order valence-electron chi connectivity index (χ2n) is 5.96. The molecule has 4 rings (SSSR count). The lowest BCUT2D eigenvalue weighted by Crippen LogP contribution is -2.32. The Kier molecular flexibility index (Phi) is 2.92. The third kappa shape index (κ3) is 1.80.